The van der Waals surface area contributed by atoms with E-state index in [-0.39, 0.29) is 0 Å². The van der Waals surface area contributed by atoms with Crippen molar-refractivity contribution in [1.29, 1.82) is 0 Å². The number of hydrogen-bond donors (Lipinski definition) is 1. The number of amidine groups is 1. The predicted molar refractivity (Wildman–Crippen MR) is 45.5 cm³/mol. The monoisotopic (exact) mass is 206 g/mol. The van der Waals surface area contributed by atoms with Crippen molar-refractivity contribution < 1.29 is 0 Å². The molecule has 0 aromatic rings. The molecule has 0 unspecified atom stereocenters. The van der Waals surface area contributed by atoms with Gasteiger partial charge < -0.3 is 0 Å². The first-order valence-electron chi connectivity index (χ1n) is 3.74. The fourth-order valence-electron chi connectivity index (χ4n) is 1.16. The summed E-state index contributed by atoms with van der Waals surface area (Å²) in [6.07, 6.45) is 2.44. The summed E-state index contributed by atoms with van der Waals surface area (Å²) in [5, 5.41) is 0. The molecular weight excluding hydrogens is 191 g/mol. The molecule has 0 aromatic heterocycles. The molecular formula is C7H14N2Se. The van der Waals surface area contributed by atoms with Gasteiger partial charge in [0.2, 0.25) is 0 Å². The maximum atomic E-state index is 5.62. The van der Waals surface area contributed by atoms with Gasteiger partial charge in [0.1, 0.15) is 0 Å². The molecule has 58 valence electrons. The number of hydrogen-bond acceptors (Lipinski definition) is 2. The molecule has 1 aliphatic heterocycles. The second-order valence-corrected chi connectivity index (χ2v) is 5.58. The third-order valence-corrected chi connectivity index (χ3v) is 3.89. The molecule has 0 aliphatic carbocycles. The summed E-state index contributed by atoms with van der Waals surface area (Å²) in [6, 6.07) is 0.546. The van der Waals surface area contributed by atoms with Crippen LogP contribution in [-0.2, 0) is 0 Å². The van der Waals surface area contributed by atoms with Crippen LogP contribution in [-0.4, -0.2) is 25.7 Å². The Kier molecular flexibility index (Phi) is 2.75. The second kappa shape index (κ2) is 3.40. The van der Waals surface area contributed by atoms with Crippen molar-refractivity contribution in [2.24, 2.45) is 10.7 Å². The van der Waals surface area contributed by atoms with Crippen LogP contribution in [0.2, 0.25) is 4.82 Å². The van der Waals surface area contributed by atoms with Gasteiger partial charge in [-0.25, -0.2) is 0 Å². The number of aliphatic imine (C=N–C) groups is 1. The minimum atomic E-state index is 0.486. The van der Waals surface area contributed by atoms with E-state index < -0.39 is 0 Å². The van der Waals surface area contributed by atoms with Crippen molar-refractivity contribution in [1.82, 2.24) is 0 Å². The average Bonchev–Trinajstić information content (AvgIpc) is 2.13. The van der Waals surface area contributed by atoms with Crippen LogP contribution in [0.4, 0.5) is 0 Å². The SMILES string of the molecule is CCC[C@@H]1N=C(N)[Se][C@@H]1C. The van der Waals surface area contributed by atoms with Crippen molar-refractivity contribution in [3.63, 3.8) is 0 Å². The molecule has 1 rings (SSSR count). The van der Waals surface area contributed by atoms with Gasteiger partial charge in [-0.3, -0.25) is 0 Å². The Labute approximate surface area is 68.4 Å². The van der Waals surface area contributed by atoms with Gasteiger partial charge in [0, 0.05) is 0 Å². The Morgan fingerprint density at radius 1 is 1.70 bits per heavy atom. The van der Waals surface area contributed by atoms with E-state index in [4.69, 9.17) is 5.73 Å². The van der Waals surface area contributed by atoms with Crippen LogP contribution in [0, 0.1) is 0 Å². The first-order chi connectivity index (χ1) is 4.74. The van der Waals surface area contributed by atoms with Crippen molar-refractivity contribution in [2.45, 2.75) is 37.5 Å². The Morgan fingerprint density at radius 2 is 2.40 bits per heavy atom. The van der Waals surface area contributed by atoms with Crippen LogP contribution in [0.25, 0.3) is 0 Å². The topological polar surface area (TPSA) is 38.4 Å². The molecule has 0 spiro atoms. The molecule has 0 amide bonds. The number of nitrogens with zero attached hydrogens (tertiary/aromatic N) is 1. The van der Waals surface area contributed by atoms with Crippen molar-refractivity contribution in [2.75, 3.05) is 0 Å². The Morgan fingerprint density at radius 3 is 2.80 bits per heavy atom. The van der Waals surface area contributed by atoms with E-state index in [0.29, 0.717) is 21.0 Å². The average molecular weight is 205 g/mol. The molecule has 2 nitrogen and oxygen atoms in total. The summed E-state index contributed by atoms with van der Waals surface area (Å²) in [5.41, 5.74) is 5.62. The van der Waals surface area contributed by atoms with E-state index in [1.165, 1.54) is 12.8 Å². The predicted octanol–water partition coefficient (Wildman–Crippen LogP) is 0.996. The van der Waals surface area contributed by atoms with E-state index in [9.17, 15) is 0 Å². The maximum absolute atomic E-state index is 5.62. The van der Waals surface area contributed by atoms with Gasteiger partial charge in [0.25, 0.3) is 0 Å². The van der Waals surface area contributed by atoms with Gasteiger partial charge in [-0.05, 0) is 0 Å². The van der Waals surface area contributed by atoms with Crippen molar-refractivity contribution in [3.8, 4) is 0 Å². The summed E-state index contributed by atoms with van der Waals surface area (Å²) in [4.78, 5) is 5.12. The summed E-state index contributed by atoms with van der Waals surface area (Å²) >= 11 is 0.486. The van der Waals surface area contributed by atoms with E-state index in [2.05, 4.69) is 18.8 Å². The molecule has 2 N–H and O–H groups in total. The third-order valence-electron chi connectivity index (χ3n) is 1.73. The van der Waals surface area contributed by atoms with Crippen LogP contribution in [0.1, 0.15) is 26.7 Å². The molecule has 1 heterocycles. The van der Waals surface area contributed by atoms with Crippen molar-refractivity contribution >= 4 is 19.7 Å². The Bertz CT molecular complexity index is 145. The molecule has 0 saturated carbocycles. The number of nitrogens with two attached hydrogens (primary N) is 1. The molecule has 0 bridgehead atoms. The third kappa shape index (κ3) is 1.74. The van der Waals surface area contributed by atoms with E-state index in [1.54, 1.807) is 0 Å². The van der Waals surface area contributed by atoms with Crippen LogP contribution < -0.4 is 5.73 Å². The van der Waals surface area contributed by atoms with Crippen molar-refractivity contribution in [3.05, 3.63) is 0 Å². The van der Waals surface area contributed by atoms with Gasteiger partial charge >= 0.3 is 68.0 Å². The van der Waals surface area contributed by atoms with E-state index in [0.717, 1.165) is 9.55 Å². The first-order valence-corrected chi connectivity index (χ1v) is 5.58. The molecule has 3 heteroatoms. The summed E-state index contributed by atoms with van der Waals surface area (Å²) < 4.78 is 0.915. The van der Waals surface area contributed by atoms with Crippen LogP contribution >= 0.6 is 0 Å². The molecule has 0 aromatic carbocycles. The van der Waals surface area contributed by atoms with Gasteiger partial charge in [0.05, 0.1) is 0 Å². The van der Waals surface area contributed by atoms with Gasteiger partial charge in [0.15, 0.2) is 0 Å². The van der Waals surface area contributed by atoms with E-state index >= 15 is 0 Å². The van der Waals surface area contributed by atoms with E-state index in [1.807, 2.05) is 0 Å². The standard InChI is InChI=1S/C7H14N2Se/c1-3-4-6-5(2)10-7(8)9-6/h5-6H,3-4H2,1-2H3,(H2,8,9)/t5-,6+/m1/s1. The normalized spacial score (nSPS) is 32.4. The van der Waals surface area contributed by atoms with Crippen LogP contribution in [0.15, 0.2) is 4.99 Å². The second-order valence-electron chi connectivity index (χ2n) is 2.65. The zero-order chi connectivity index (χ0) is 7.56. The van der Waals surface area contributed by atoms with Gasteiger partial charge in [-0.2, -0.15) is 0 Å². The Balaban J connectivity index is 2.44. The molecule has 2 atom stereocenters. The zero-order valence-electron chi connectivity index (χ0n) is 6.50. The zero-order valence-corrected chi connectivity index (χ0v) is 8.21. The fourth-order valence-corrected chi connectivity index (χ4v) is 3.12. The minimum absolute atomic E-state index is 0.486. The molecule has 1 aliphatic rings. The fraction of sp³-hybridized carbons (Fsp3) is 0.857. The van der Waals surface area contributed by atoms with Gasteiger partial charge in [-0.15, -0.1) is 0 Å². The van der Waals surface area contributed by atoms with Crippen LogP contribution in [0.5, 0.6) is 0 Å². The summed E-state index contributed by atoms with van der Waals surface area (Å²) in [5.74, 6) is 0. The summed E-state index contributed by atoms with van der Waals surface area (Å²) in [7, 11) is 0. The Hall–Kier alpha value is -0.0105. The molecule has 0 radical (unpaired) electrons. The van der Waals surface area contributed by atoms with Crippen LogP contribution in [0.3, 0.4) is 0 Å². The quantitative estimate of drug-likeness (QED) is 0.671. The summed E-state index contributed by atoms with van der Waals surface area (Å²) in [6.45, 7) is 4.45. The first kappa shape index (κ1) is 8.09. The molecule has 0 saturated heterocycles. The number of rotatable bonds is 2. The molecule has 0 fully saturated rings. The molecule has 10 heavy (non-hydrogen) atoms. The van der Waals surface area contributed by atoms with Gasteiger partial charge in [-0.1, -0.05) is 0 Å².